The van der Waals surface area contributed by atoms with Gasteiger partial charge in [0.1, 0.15) is 11.6 Å². The molecule has 0 saturated carbocycles. The maximum Gasteiger partial charge on any atom is 0.259 e. The fourth-order valence-electron chi connectivity index (χ4n) is 3.34. The number of nitrogens with two attached hydrogens (primary N) is 1. The minimum absolute atomic E-state index is 0.276. The van der Waals surface area contributed by atoms with Gasteiger partial charge in [0.05, 0.1) is 12.7 Å². The zero-order chi connectivity index (χ0) is 22.9. The van der Waals surface area contributed by atoms with E-state index in [9.17, 15) is 14.0 Å². The number of rotatable bonds is 9. The first-order valence-corrected chi connectivity index (χ1v) is 10.3. The number of benzene rings is 3. The van der Waals surface area contributed by atoms with Gasteiger partial charge in [-0.3, -0.25) is 9.59 Å². The first-order chi connectivity index (χ1) is 15.5. The van der Waals surface area contributed by atoms with Crippen LogP contribution in [0.2, 0.25) is 0 Å². The molecule has 0 radical (unpaired) electrons. The number of hydrogen-bond donors (Lipinski definition) is 2. The maximum atomic E-state index is 13.6. The van der Waals surface area contributed by atoms with E-state index in [2.05, 4.69) is 5.32 Å². The monoisotopic (exact) mass is 435 g/mol. The summed E-state index contributed by atoms with van der Waals surface area (Å²) in [6.45, 7) is 1.17. The van der Waals surface area contributed by atoms with E-state index in [-0.39, 0.29) is 17.4 Å². The Labute approximate surface area is 186 Å². The lowest BCUT2D eigenvalue weighted by molar-refractivity contribution is 0.0741. The van der Waals surface area contributed by atoms with Crippen LogP contribution in [0, 0.1) is 5.82 Å². The highest BCUT2D eigenvalue weighted by Crippen LogP contribution is 2.20. The molecular formula is C25H26FN3O3. The molecule has 7 heteroatoms. The molecule has 166 valence electrons. The van der Waals surface area contributed by atoms with Gasteiger partial charge in [-0.1, -0.05) is 30.3 Å². The third-order valence-electron chi connectivity index (χ3n) is 4.90. The average Bonchev–Trinajstić information content (AvgIpc) is 2.81. The normalized spacial score (nSPS) is 10.5. The van der Waals surface area contributed by atoms with Gasteiger partial charge in [-0.05, 0) is 61.0 Å². The van der Waals surface area contributed by atoms with Crippen molar-refractivity contribution in [2.24, 2.45) is 5.73 Å². The molecule has 0 unspecified atom stereocenters. The summed E-state index contributed by atoms with van der Waals surface area (Å²) in [6, 6.07) is 19.8. The van der Waals surface area contributed by atoms with Gasteiger partial charge < -0.3 is 20.7 Å². The Balaban J connectivity index is 1.77. The fourth-order valence-corrected chi connectivity index (χ4v) is 3.34. The second kappa shape index (κ2) is 11.1. The van der Waals surface area contributed by atoms with Crippen molar-refractivity contribution in [2.75, 3.05) is 25.5 Å². The second-order valence-corrected chi connectivity index (χ2v) is 7.23. The summed E-state index contributed by atoms with van der Waals surface area (Å²) in [5.74, 6) is -0.553. The molecule has 0 saturated heterocycles. The number of halogens is 1. The molecule has 3 aromatic carbocycles. The number of nitrogens with one attached hydrogen (secondary N) is 1. The molecule has 0 aliphatic rings. The van der Waals surface area contributed by atoms with Crippen molar-refractivity contribution < 1.29 is 18.7 Å². The van der Waals surface area contributed by atoms with Gasteiger partial charge in [-0.15, -0.1) is 0 Å². The largest absolute Gasteiger partial charge is 0.496 e. The Kier molecular flexibility index (Phi) is 7.94. The molecule has 0 aromatic heterocycles. The number of hydrogen-bond acceptors (Lipinski definition) is 4. The number of methoxy groups -OCH3 is 1. The van der Waals surface area contributed by atoms with Crippen LogP contribution in [0.15, 0.2) is 72.8 Å². The minimum atomic E-state index is -0.462. The molecule has 3 rings (SSSR count). The molecule has 0 aliphatic heterocycles. The van der Waals surface area contributed by atoms with Crippen molar-refractivity contribution in [3.05, 3.63) is 95.3 Å². The molecular weight excluding hydrogens is 409 g/mol. The number of carbonyl (C=O) groups is 2. The van der Waals surface area contributed by atoms with Gasteiger partial charge in [0.2, 0.25) is 0 Å². The van der Waals surface area contributed by atoms with Crippen LogP contribution in [0.25, 0.3) is 0 Å². The van der Waals surface area contributed by atoms with Crippen LogP contribution < -0.4 is 15.8 Å². The van der Waals surface area contributed by atoms with Gasteiger partial charge in [-0.2, -0.15) is 0 Å². The lowest BCUT2D eigenvalue weighted by Crippen LogP contribution is -2.32. The first-order valence-electron chi connectivity index (χ1n) is 10.3. The van der Waals surface area contributed by atoms with Crippen molar-refractivity contribution in [2.45, 2.75) is 13.0 Å². The zero-order valence-corrected chi connectivity index (χ0v) is 17.9. The van der Waals surface area contributed by atoms with E-state index < -0.39 is 5.82 Å². The van der Waals surface area contributed by atoms with Crippen LogP contribution in [0.4, 0.5) is 10.1 Å². The summed E-state index contributed by atoms with van der Waals surface area (Å²) in [7, 11) is 1.51. The van der Waals surface area contributed by atoms with Crippen LogP contribution in [0.3, 0.4) is 0 Å². The predicted octanol–water partition coefficient (Wildman–Crippen LogP) is 4.08. The third-order valence-corrected chi connectivity index (χ3v) is 4.90. The summed E-state index contributed by atoms with van der Waals surface area (Å²) in [5, 5.41) is 2.87. The van der Waals surface area contributed by atoms with E-state index in [1.54, 1.807) is 47.4 Å². The maximum absolute atomic E-state index is 13.6. The van der Waals surface area contributed by atoms with Crippen LogP contribution in [0.5, 0.6) is 5.75 Å². The summed E-state index contributed by atoms with van der Waals surface area (Å²) >= 11 is 0. The molecule has 0 heterocycles. The quantitative estimate of drug-likeness (QED) is 0.531. The highest BCUT2D eigenvalue weighted by Gasteiger charge is 2.17. The van der Waals surface area contributed by atoms with Gasteiger partial charge in [0, 0.05) is 24.3 Å². The number of nitrogens with zero attached hydrogens (tertiary/aromatic N) is 1. The molecule has 6 nitrogen and oxygen atoms in total. The van der Waals surface area contributed by atoms with E-state index in [4.69, 9.17) is 10.5 Å². The van der Waals surface area contributed by atoms with Crippen LogP contribution in [-0.2, 0) is 6.54 Å². The topological polar surface area (TPSA) is 84.7 Å². The van der Waals surface area contributed by atoms with Gasteiger partial charge in [0.15, 0.2) is 0 Å². The minimum Gasteiger partial charge on any atom is -0.496 e. The van der Waals surface area contributed by atoms with Crippen molar-refractivity contribution in [3.63, 3.8) is 0 Å². The van der Waals surface area contributed by atoms with Crippen LogP contribution in [0.1, 0.15) is 32.7 Å². The fraction of sp³-hybridized carbons (Fsp3) is 0.200. The van der Waals surface area contributed by atoms with E-state index in [0.29, 0.717) is 43.1 Å². The molecule has 2 amide bonds. The Morgan fingerprint density at radius 2 is 1.81 bits per heavy atom. The van der Waals surface area contributed by atoms with Gasteiger partial charge in [0.25, 0.3) is 11.8 Å². The number of amides is 2. The van der Waals surface area contributed by atoms with Crippen molar-refractivity contribution >= 4 is 17.5 Å². The molecule has 0 atom stereocenters. The SMILES string of the molecule is COc1ccccc1C(=O)Nc1cccc(CN(CCCN)C(=O)c2cccc(F)c2)c1. The van der Waals surface area contributed by atoms with E-state index in [1.165, 1.54) is 25.3 Å². The van der Waals surface area contributed by atoms with Gasteiger partial charge >= 0.3 is 0 Å². The summed E-state index contributed by atoms with van der Waals surface area (Å²) < 4.78 is 18.9. The lowest BCUT2D eigenvalue weighted by atomic mass is 10.1. The molecule has 3 aromatic rings. The number of anilines is 1. The van der Waals surface area contributed by atoms with E-state index in [1.807, 2.05) is 12.1 Å². The Bertz CT molecular complexity index is 1090. The first kappa shape index (κ1) is 23.0. The summed E-state index contributed by atoms with van der Waals surface area (Å²) in [4.78, 5) is 27.3. The molecule has 0 spiro atoms. The van der Waals surface area contributed by atoms with Crippen LogP contribution >= 0.6 is 0 Å². The Hall–Kier alpha value is -3.71. The lowest BCUT2D eigenvalue weighted by Gasteiger charge is -2.23. The molecule has 0 bridgehead atoms. The Morgan fingerprint density at radius 1 is 1.03 bits per heavy atom. The van der Waals surface area contributed by atoms with Crippen LogP contribution in [-0.4, -0.2) is 36.9 Å². The zero-order valence-electron chi connectivity index (χ0n) is 17.9. The molecule has 0 fully saturated rings. The Morgan fingerprint density at radius 3 is 2.56 bits per heavy atom. The number of para-hydroxylation sites is 1. The summed E-state index contributed by atoms with van der Waals surface area (Å²) in [6.07, 6.45) is 0.616. The van der Waals surface area contributed by atoms with Crippen molar-refractivity contribution in [1.29, 1.82) is 0 Å². The van der Waals surface area contributed by atoms with Gasteiger partial charge in [-0.25, -0.2) is 4.39 Å². The molecule has 0 aliphatic carbocycles. The highest BCUT2D eigenvalue weighted by atomic mass is 19.1. The molecule has 3 N–H and O–H groups in total. The van der Waals surface area contributed by atoms with Crippen molar-refractivity contribution in [1.82, 2.24) is 4.90 Å². The highest BCUT2D eigenvalue weighted by molar-refractivity contribution is 6.06. The molecule has 32 heavy (non-hydrogen) atoms. The predicted molar refractivity (Wildman–Crippen MR) is 122 cm³/mol. The number of carbonyl (C=O) groups excluding carboxylic acids is 2. The standard InChI is InChI=1S/C25H26FN3O3/c1-32-23-12-3-2-11-22(23)24(30)28-21-10-4-7-18(15-21)17-29(14-6-13-27)25(31)19-8-5-9-20(26)16-19/h2-5,7-12,15-16H,6,13-14,17,27H2,1H3,(H,28,30). The summed E-state index contributed by atoms with van der Waals surface area (Å²) in [5.41, 5.74) is 7.75. The average molecular weight is 435 g/mol. The second-order valence-electron chi connectivity index (χ2n) is 7.23. The third kappa shape index (κ3) is 5.92. The van der Waals surface area contributed by atoms with E-state index in [0.717, 1.165) is 5.56 Å². The number of ether oxygens (including phenoxy) is 1. The van der Waals surface area contributed by atoms with E-state index >= 15 is 0 Å². The smallest absolute Gasteiger partial charge is 0.259 e. The van der Waals surface area contributed by atoms with Crippen molar-refractivity contribution in [3.8, 4) is 5.75 Å².